The molecule has 86 valence electrons. The molecule has 2 heteroatoms. The van der Waals surface area contributed by atoms with Crippen LogP contribution in [-0.2, 0) is 0 Å². The third-order valence-corrected chi connectivity index (χ3v) is 2.67. The topological polar surface area (TPSA) is 25.2 Å². The zero-order valence-corrected chi connectivity index (χ0v) is 10.6. The first-order chi connectivity index (χ1) is 6.96. The Morgan fingerprint density at radius 1 is 1.40 bits per heavy atom. The average Bonchev–Trinajstić information content (AvgIpc) is 2.51. The van der Waals surface area contributed by atoms with Crippen molar-refractivity contribution in [1.82, 2.24) is 5.32 Å². The highest BCUT2D eigenvalue weighted by molar-refractivity contribution is 5.22. The molecule has 1 N–H and O–H groups in total. The number of rotatable bonds is 4. The molecule has 0 aromatic carbocycles. The number of nitrogens with one attached hydrogen (secondary N) is 1. The van der Waals surface area contributed by atoms with E-state index in [2.05, 4.69) is 39.1 Å². The number of hydrogen-bond donors (Lipinski definition) is 1. The van der Waals surface area contributed by atoms with E-state index < -0.39 is 0 Å². The van der Waals surface area contributed by atoms with Gasteiger partial charge in [0.15, 0.2) is 0 Å². The van der Waals surface area contributed by atoms with E-state index in [9.17, 15) is 0 Å². The van der Waals surface area contributed by atoms with E-state index in [0.29, 0.717) is 6.04 Å². The third kappa shape index (κ3) is 3.10. The first-order valence-corrected chi connectivity index (χ1v) is 5.74. The molecule has 1 unspecified atom stereocenters. The van der Waals surface area contributed by atoms with E-state index in [1.807, 2.05) is 6.92 Å². The number of furan rings is 1. The molecule has 0 fully saturated rings. The molecule has 1 atom stereocenters. The van der Waals surface area contributed by atoms with Crippen molar-refractivity contribution in [1.29, 1.82) is 0 Å². The molecule has 0 saturated carbocycles. The Balaban J connectivity index is 2.87. The molecule has 0 aliphatic carbocycles. The molecule has 1 aromatic heterocycles. The molecule has 0 saturated heterocycles. The maximum absolute atomic E-state index is 5.38. The quantitative estimate of drug-likeness (QED) is 0.818. The normalized spacial score (nSPS) is 14.2. The lowest BCUT2D eigenvalue weighted by atomic mass is 9.82. The standard InChI is InChI=1S/C13H23NO/c1-6-8-14-12(13(3,4)5)11-7-9-15-10(11)2/h7,9,12,14H,6,8H2,1-5H3. The van der Waals surface area contributed by atoms with Crippen molar-refractivity contribution in [3.63, 3.8) is 0 Å². The molecule has 15 heavy (non-hydrogen) atoms. The number of hydrogen-bond acceptors (Lipinski definition) is 2. The van der Waals surface area contributed by atoms with Crippen LogP contribution in [0.2, 0.25) is 0 Å². The summed E-state index contributed by atoms with van der Waals surface area (Å²) in [6, 6.07) is 2.45. The Bertz CT molecular complexity index is 296. The van der Waals surface area contributed by atoms with Crippen molar-refractivity contribution >= 4 is 0 Å². The summed E-state index contributed by atoms with van der Waals surface area (Å²) in [5.41, 5.74) is 1.50. The Morgan fingerprint density at radius 2 is 2.07 bits per heavy atom. The largest absolute Gasteiger partial charge is 0.469 e. The van der Waals surface area contributed by atoms with Gasteiger partial charge in [-0.3, -0.25) is 0 Å². The lowest BCUT2D eigenvalue weighted by Gasteiger charge is -2.31. The van der Waals surface area contributed by atoms with Gasteiger partial charge in [-0.2, -0.15) is 0 Å². The van der Waals surface area contributed by atoms with Crippen LogP contribution in [0.25, 0.3) is 0 Å². The Labute approximate surface area is 93.1 Å². The fourth-order valence-corrected chi connectivity index (χ4v) is 1.87. The predicted octanol–water partition coefficient (Wildman–Crippen LogP) is 3.67. The second-order valence-electron chi connectivity index (χ2n) is 5.19. The monoisotopic (exact) mass is 209 g/mol. The SMILES string of the molecule is CCCNC(c1ccoc1C)C(C)(C)C. The van der Waals surface area contributed by atoms with E-state index in [1.165, 1.54) is 5.56 Å². The average molecular weight is 209 g/mol. The summed E-state index contributed by atoms with van der Waals surface area (Å²) in [5, 5.41) is 3.59. The van der Waals surface area contributed by atoms with E-state index in [1.54, 1.807) is 6.26 Å². The van der Waals surface area contributed by atoms with Gasteiger partial charge < -0.3 is 9.73 Å². The van der Waals surface area contributed by atoms with Crippen LogP contribution in [0.3, 0.4) is 0 Å². The Kier molecular flexibility index (Phi) is 3.97. The summed E-state index contributed by atoms with van der Waals surface area (Å²) in [4.78, 5) is 0. The minimum atomic E-state index is 0.212. The molecule has 0 bridgehead atoms. The van der Waals surface area contributed by atoms with Crippen LogP contribution < -0.4 is 5.32 Å². The number of aryl methyl sites for hydroxylation is 1. The van der Waals surface area contributed by atoms with Crippen molar-refractivity contribution < 1.29 is 4.42 Å². The summed E-state index contributed by atoms with van der Waals surface area (Å²) >= 11 is 0. The predicted molar refractivity (Wildman–Crippen MR) is 63.9 cm³/mol. The lowest BCUT2D eigenvalue weighted by molar-refractivity contribution is 0.270. The first-order valence-electron chi connectivity index (χ1n) is 5.74. The molecular formula is C13H23NO. The molecule has 0 aliphatic rings. The second-order valence-corrected chi connectivity index (χ2v) is 5.19. The van der Waals surface area contributed by atoms with Gasteiger partial charge in [0, 0.05) is 11.6 Å². The molecule has 1 rings (SSSR count). The van der Waals surface area contributed by atoms with Gasteiger partial charge in [-0.25, -0.2) is 0 Å². The minimum Gasteiger partial charge on any atom is -0.469 e. The van der Waals surface area contributed by atoms with Crippen LogP contribution in [0.5, 0.6) is 0 Å². The molecule has 0 aliphatic heterocycles. The molecular weight excluding hydrogens is 186 g/mol. The highest BCUT2D eigenvalue weighted by Gasteiger charge is 2.27. The van der Waals surface area contributed by atoms with Crippen molar-refractivity contribution in [3.8, 4) is 0 Å². The maximum atomic E-state index is 5.38. The van der Waals surface area contributed by atoms with Crippen LogP contribution in [0.4, 0.5) is 0 Å². The van der Waals surface area contributed by atoms with Gasteiger partial charge >= 0.3 is 0 Å². The summed E-state index contributed by atoms with van der Waals surface area (Å²) in [7, 11) is 0. The van der Waals surface area contributed by atoms with Crippen LogP contribution in [0.15, 0.2) is 16.7 Å². The zero-order valence-electron chi connectivity index (χ0n) is 10.6. The molecule has 0 radical (unpaired) electrons. The summed E-state index contributed by atoms with van der Waals surface area (Å²) < 4.78 is 5.38. The summed E-state index contributed by atoms with van der Waals surface area (Å²) in [6.07, 6.45) is 2.93. The lowest BCUT2D eigenvalue weighted by Crippen LogP contribution is -2.33. The van der Waals surface area contributed by atoms with Crippen LogP contribution in [0.1, 0.15) is 51.5 Å². The molecule has 1 heterocycles. The Hall–Kier alpha value is -0.760. The van der Waals surface area contributed by atoms with E-state index >= 15 is 0 Å². The van der Waals surface area contributed by atoms with E-state index in [-0.39, 0.29) is 5.41 Å². The van der Waals surface area contributed by atoms with Gasteiger partial charge in [0.2, 0.25) is 0 Å². The second kappa shape index (κ2) is 4.84. The van der Waals surface area contributed by atoms with Gasteiger partial charge in [-0.15, -0.1) is 0 Å². The van der Waals surface area contributed by atoms with Gasteiger partial charge in [0.05, 0.1) is 6.26 Å². The van der Waals surface area contributed by atoms with Crippen molar-refractivity contribution in [2.45, 2.75) is 47.1 Å². The molecule has 1 aromatic rings. The zero-order chi connectivity index (χ0) is 11.5. The van der Waals surface area contributed by atoms with Crippen LogP contribution >= 0.6 is 0 Å². The fourth-order valence-electron chi connectivity index (χ4n) is 1.87. The molecule has 0 amide bonds. The smallest absolute Gasteiger partial charge is 0.105 e. The highest BCUT2D eigenvalue weighted by atomic mass is 16.3. The highest BCUT2D eigenvalue weighted by Crippen LogP contribution is 2.34. The van der Waals surface area contributed by atoms with Crippen LogP contribution in [0, 0.1) is 12.3 Å². The van der Waals surface area contributed by atoms with Crippen molar-refractivity contribution in [3.05, 3.63) is 23.7 Å². The van der Waals surface area contributed by atoms with Gasteiger partial charge in [-0.05, 0) is 31.4 Å². The minimum absolute atomic E-state index is 0.212. The van der Waals surface area contributed by atoms with E-state index in [0.717, 1.165) is 18.7 Å². The summed E-state index contributed by atoms with van der Waals surface area (Å²) in [6.45, 7) is 12.0. The molecule has 2 nitrogen and oxygen atoms in total. The van der Waals surface area contributed by atoms with Gasteiger partial charge in [0.1, 0.15) is 5.76 Å². The van der Waals surface area contributed by atoms with E-state index in [4.69, 9.17) is 4.42 Å². The fraction of sp³-hybridized carbons (Fsp3) is 0.692. The van der Waals surface area contributed by atoms with Crippen molar-refractivity contribution in [2.24, 2.45) is 5.41 Å². The van der Waals surface area contributed by atoms with Crippen molar-refractivity contribution in [2.75, 3.05) is 6.54 Å². The Morgan fingerprint density at radius 3 is 2.47 bits per heavy atom. The van der Waals surface area contributed by atoms with Gasteiger partial charge in [-0.1, -0.05) is 27.7 Å². The molecule has 0 spiro atoms. The maximum Gasteiger partial charge on any atom is 0.105 e. The summed E-state index contributed by atoms with van der Waals surface area (Å²) in [5.74, 6) is 1.03. The third-order valence-electron chi connectivity index (χ3n) is 2.67. The first kappa shape index (κ1) is 12.3. The van der Waals surface area contributed by atoms with Crippen LogP contribution in [-0.4, -0.2) is 6.54 Å². The van der Waals surface area contributed by atoms with Gasteiger partial charge in [0.25, 0.3) is 0 Å².